The molecule has 0 aliphatic rings. The van der Waals surface area contributed by atoms with Crippen molar-refractivity contribution in [1.29, 1.82) is 0 Å². The molecule has 1 aromatic heterocycles. The van der Waals surface area contributed by atoms with Crippen molar-refractivity contribution < 1.29 is 4.74 Å². The van der Waals surface area contributed by atoms with Crippen molar-refractivity contribution >= 4 is 0 Å². The number of unbranched alkanes of at least 4 members (excludes halogenated alkanes) is 4. The highest BCUT2D eigenvalue weighted by atomic mass is 16.5. The van der Waals surface area contributed by atoms with Crippen LogP contribution in [0.1, 0.15) is 52.4 Å². The van der Waals surface area contributed by atoms with Crippen LogP contribution < -0.4 is 10.3 Å². The molecule has 0 N–H and O–H groups in total. The van der Waals surface area contributed by atoms with Crippen LogP contribution in [0.5, 0.6) is 5.75 Å². The van der Waals surface area contributed by atoms with Gasteiger partial charge in [-0.15, -0.1) is 0 Å². The fourth-order valence-corrected chi connectivity index (χ4v) is 1.90. The normalized spacial score (nSPS) is 10.6. The Morgan fingerprint density at radius 1 is 1.11 bits per heavy atom. The molecular formula is C15H25NO2. The first kappa shape index (κ1) is 14.8. The summed E-state index contributed by atoms with van der Waals surface area (Å²) in [4.78, 5) is 12.0. The lowest BCUT2D eigenvalue weighted by Crippen LogP contribution is -2.21. The van der Waals surface area contributed by atoms with Gasteiger partial charge in [-0.3, -0.25) is 4.79 Å². The van der Waals surface area contributed by atoms with Crippen LogP contribution in [-0.2, 0) is 6.54 Å². The van der Waals surface area contributed by atoms with E-state index < -0.39 is 0 Å². The van der Waals surface area contributed by atoms with E-state index in [0.29, 0.717) is 12.4 Å². The average molecular weight is 251 g/mol. The van der Waals surface area contributed by atoms with Gasteiger partial charge in [0.05, 0.1) is 6.61 Å². The van der Waals surface area contributed by atoms with Crippen molar-refractivity contribution in [2.75, 3.05) is 6.61 Å². The summed E-state index contributed by atoms with van der Waals surface area (Å²) in [5, 5.41) is 0. The van der Waals surface area contributed by atoms with Crippen molar-refractivity contribution in [2.45, 2.75) is 58.9 Å². The van der Waals surface area contributed by atoms with Crippen LogP contribution in [0.3, 0.4) is 0 Å². The third kappa shape index (κ3) is 4.94. The second kappa shape index (κ2) is 8.78. The van der Waals surface area contributed by atoms with Crippen molar-refractivity contribution in [3.05, 3.63) is 28.7 Å². The van der Waals surface area contributed by atoms with Gasteiger partial charge in [-0.1, -0.05) is 39.5 Å². The summed E-state index contributed by atoms with van der Waals surface area (Å²) < 4.78 is 7.20. The first-order chi connectivity index (χ1) is 8.79. The zero-order chi connectivity index (χ0) is 13.2. The van der Waals surface area contributed by atoms with Gasteiger partial charge >= 0.3 is 0 Å². The fraction of sp³-hybridized carbons (Fsp3) is 0.667. The van der Waals surface area contributed by atoms with E-state index in [1.165, 1.54) is 25.7 Å². The second-order valence-corrected chi connectivity index (χ2v) is 4.63. The molecule has 3 heteroatoms. The molecule has 1 rings (SSSR count). The van der Waals surface area contributed by atoms with Crippen molar-refractivity contribution in [3.8, 4) is 5.75 Å². The molecule has 0 bridgehead atoms. The zero-order valence-corrected chi connectivity index (χ0v) is 11.7. The molecule has 0 aliphatic heterocycles. The quantitative estimate of drug-likeness (QED) is 0.628. The molecule has 18 heavy (non-hydrogen) atoms. The number of nitrogens with zero attached hydrogens (tertiary/aromatic N) is 1. The zero-order valence-electron chi connectivity index (χ0n) is 11.7. The fourth-order valence-electron chi connectivity index (χ4n) is 1.90. The van der Waals surface area contributed by atoms with Crippen LogP contribution in [0.2, 0.25) is 0 Å². The van der Waals surface area contributed by atoms with E-state index in [1.54, 1.807) is 10.6 Å². The van der Waals surface area contributed by atoms with Gasteiger partial charge in [-0.05, 0) is 25.0 Å². The van der Waals surface area contributed by atoms with Gasteiger partial charge in [0.25, 0.3) is 5.56 Å². The van der Waals surface area contributed by atoms with E-state index >= 15 is 0 Å². The van der Waals surface area contributed by atoms with Crippen LogP contribution >= 0.6 is 0 Å². The molecule has 0 saturated heterocycles. The lowest BCUT2D eigenvalue weighted by atomic mass is 10.1. The summed E-state index contributed by atoms with van der Waals surface area (Å²) in [7, 11) is 0. The first-order valence-corrected chi connectivity index (χ1v) is 7.11. The molecule has 0 radical (unpaired) electrons. The standard InChI is InChI=1S/C15H25NO2/c1-3-5-6-7-8-11-16-12-9-10-14(15(16)17)18-13-4-2/h9-10,12H,3-8,11,13H2,1-2H3. The molecule has 0 unspecified atom stereocenters. The van der Waals surface area contributed by atoms with Gasteiger partial charge in [0.2, 0.25) is 0 Å². The monoisotopic (exact) mass is 251 g/mol. The van der Waals surface area contributed by atoms with Gasteiger partial charge in [-0.25, -0.2) is 0 Å². The van der Waals surface area contributed by atoms with Gasteiger partial charge in [0.15, 0.2) is 5.75 Å². The maximum absolute atomic E-state index is 12.0. The molecule has 0 aliphatic carbocycles. The van der Waals surface area contributed by atoms with Crippen LogP contribution in [0.25, 0.3) is 0 Å². The molecule has 0 atom stereocenters. The topological polar surface area (TPSA) is 31.2 Å². The van der Waals surface area contributed by atoms with E-state index in [0.717, 1.165) is 19.4 Å². The molecule has 0 aromatic carbocycles. The van der Waals surface area contributed by atoms with Crippen LogP contribution in [0.4, 0.5) is 0 Å². The van der Waals surface area contributed by atoms with Crippen LogP contribution in [0.15, 0.2) is 23.1 Å². The molecule has 102 valence electrons. The number of aryl methyl sites for hydroxylation is 1. The lowest BCUT2D eigenvalue weighted by Gasteiger charge is -2.08. The van der Waals surface area contributed by atoms with Crippen molar-refractivity contribution in [1.82, 2.24) is 4.57 Å². The minimum atomic E-state index is 0.00133. The molecule has 0 saturated carbocycles. The third-order valence-corrected chi connectivity index (χ3v) is 2.95. The highest BCUT2D eigenvalue weighted by Crippen LogP contribution is 2.06. The lowest BCUT2D eigenvalue weighted by molar-refractivity contribution is 0.310. The highest BCUT2D eigenvalue weighted by Gasteiger charge is 2.03. The maximum atomic E-state index is 12.0. The summed E-state index contributed by atoms with van der Waals surface area (Å²) in [6.07, 6.45) is 8.83. The Balaban J connectivity index is 2.47. The number of pyridine rings is 1. The summed E-state index contributed by atoms with van der Waals surface area (Å²) in [6.45, 7) is 5.65. The number of aromatic nitrogens is 1. The predicted octanol–water partition coefficient (Wildman–Crippen LogP) is 3.61. The number of hydrogen-bond donors (Lipinski definition) is 0. The molecular weight excluding hydrogens is 226 g/mol. The summed E-state index contributed by atoms with van der Waals surface area (Å²) in [6, 6.07) is 3.64. The van der Waals surface area contributed by atoms with Gasteiger partial charge < -0.3 is 9.30 Å². The van der Waals surface area contributed by atoms with Crippen LogP contribution in [0, 0.1) is 0 Å². The Morgan fingerprint density at radius 3 is 2.61 bits per heavy atom. The molecule has 0 spiro atoms. The molecule has 0 amide bonds. The Morgan fingerprint density at radius 2 is 1.89 bits per heavy atom. The molecule has 3 nitrogen and oxygen atoms in total. The van der Waals surface area contributed by atoms with E-state index in [9.17, 15) is 4.79 Å². The number of hydrogen-bond acceptors (Lipinski definition) is 2. The summed E-state index contributed by atoms with van der Waals surface area (Å²) >= 11 is 0. The van der Waals surface area contributed by atoms with E-state index in [1.807, 2.05) is 19.2 Å². The molecule has 1 aromatic rings. The van der Waals surface area contributed by atoms with Crippen molar-refractivity contribution in [2.24, 2.45) is 0 Å². The Hall–Kier alpha value is -1.25. The van der Waals surface area contributed by atoms with E-state index in [4.69, 9.17) is 4.74 Å². The van der Waals surface area contributed by atoms with Gasteiger partial charge in [-0.2, -0.15) is 0 Å². The second-order valence-electron chi connectivity index (χ2n) is 4.63. The molecule has 1 heterocycles. The largest absolute Gasteiger partial charge is 0.488 e. The third-order valence-electron chi connectivity index (χ3n) is 2.95. The van der Waals surface area contributed by atoms with Gasteiger partial charge in [0, 0.05) is 12.7 Å². The summed E-state index contributed by atoms with van der Waals surface area (Å²) in [5.74, 6) is 0.480. The minimum Gasteiger partial charge on any atom is -0.488 e. The van der Waals surface area contributed by atoms with Crippen LogP contribution in [-0.4, -0.2) is 11.2 Å². The van der Waals surface area contributed by atoms with Gasteiger partial charge in [0.1, 0.15) is 0 Å². The average Bonchev–Trinajstić information content (AvgIpc) is 2.39. The number of rotatable bonds is 9. The summed E-state index contributed by atoms with van der Waals surface area (Å²) in [5.41, 5.74) is 0.00133. The SMILES string of the molecule is CCCCCCCn1cccc(OCCC)c1=O. The Bertz CT molecular complexity index is 384. The predicted molar refractivity (Wildman–Crippen MR) is 75.2 cm³/mol. The Labute approximate surface area is 110 Å². The maximum Gasteiger partial charge on any atom is 0.292 e. The first-order valence-electron chi connectivity index (χ1n) is 7.11. The molecule has 0 fully saturated rings. The minimum absolute atomic E-state index is 0.00133. The van der Waals surface area contributed by atoms with Crippen molar-refractivity contribution in [3.63, 3.8) is 0 Å². The Kier molecular flexibility index (Phi) is 7.23. The highest BCUT2D eigenvalue weighted by molar-refractivity contribution is 5.17. The number of ether oxygens (including phenoxy) is 1. The van der Waals surface area contributed by atoms with E-state index in [-0.39, 0.29) is 5.56 Å². The smallest absolute Gasteiger partial charge is 0.292 e. The van der Waals surface area contributed by atoms with E-state index in [2.05, 4.69) is 6.92 Å².